The van der Waals surface area contributed by atoms with Crippen LogP contribution in [-0.4, -0.2) is 36.7 Å². The summed E-state index contributed by atoms with van der Waals surface area (Å²) < 4.78 is 8.90. The van der Waals surface area contributed by atoms with Crippen LogP contribution in [0.3, 0.4) is 0 Å². The molecule has 0 saturated heterocycles. The summed E-state index contributed by atoms with van der Waals surface area (Å²) in [5, 5.41) is 16.0. The minimum Gasteiger partial charge on any atom is -0.497 e. The Bertz CT molecular complexity index is 1300. The van der Waals surface area contributed by atoms with Gasteiger partial charge in [-0.25, -0.2) is 9.20 Å². The number of aromatic nitrogens is 6. The van der Waals surface area contributed by atoms with Crippen molar-refractivity contribution in [3.8, 4) is 17.0 Å². The number of aryl methyl sites for hydroxylation is 1. The Kier molecular flexibility index (Phi) is 3.68. The van der Waals surface area contributed by atoms with E-state index in [0.717, 1.165) is 39.4 Å². The van der Waals surface area contributed by atoms with E-state index in [0.29, 0.717) is 5.95 Å². The van der Waals surface area contributed by atoms with Crippen LogP contribution in [0.5, 0.6) is 5.75 Å². The average molecular weight is 371 g/mol. The Morgan fingerprint density at radius 2 is 1.89 bits per heavy atom. The summed E-state index contributed by atoms with van der Waals surface area (Å²) in [6.45, 7) is 0. The Morgan fingerprint density at radius 1 is 1.00 bits per heavy atom. The second-order valence-corrected chi connectivity index (χ2v) is 6.39. The van der Waals surface area contributed by atoms with Crippen molar-refractivity contribution in [1.29, 1.82) is 0 Å². The summed E-state index contributed by atoms with van der Waals surface area (Å²) in [5.41, 5.74) is 5.34. The van der Waals surface area contributed by atoms with E-state index in [-0.39, 0.29) is 0 Å². The van der Waals surface area contributed by atoms with Gasteiger partial charge in [-0.1, -0.05) is 23.4 Å². The third-order valence-electron chi connectivity index (χ3n) is 4.59. The second kappa shape index (κ2) is 6.34. The number of ether oxygens (including phenoxy) is 1. The monoisotopic (exact) mass is 371 g/mol. The van der Waals surface area contributed by atoms with Gasteiger partial charge in [-0.05, 0) is 42.5 Å². The van der Waals surface area contributed by atoms with Crippen molar-refractivity contribution in [3.63, 3.8) is 0 Å². The van der Waals surface area contributed by atoms with E-state index in [1.165, 1.54) is 0 Å². The molecule has 8 nitrogen and oxygen atoms in total. The average Bonchev–Trinajstić information content (AvgIpc) is 3.31. The van der Waals surface area contributed by atoms with Crippen molar-refractivity contribution in [2.75, 3.05) is 12.4 Å². The van der Waals surface area contributed by atoms with Crippen LogP contribution in [-0.2, 0) is 7.05 Å². The lowest BCUT2D eigenvalue weighted by molar-refractivity contribution is 0.415. The predicted octanol–water partition coefficient (Wildman–Crippen LogP) is 3.43. The topological polar surface area (TPSA) is 82.2 Å². The Balaban J connectivity index is 1.55. The molecule has 28 heavy (non-hydrogen) atoms. The fourth-order valence-corrected chi connectivity index (χ4v) is 3.20. The highest BCUT2D eigenvalue weighted by Gasteiger charge is 2.10. The highest BCUT2D eigenvalue weighted by atomic mass is 16.5. The molecule has 8 heteroatoms. The zero-order valence-corrected chi connectivity index (χ0v) is 15.4. The SMILES string of the molecule is COc1cccc(-c2cccc3nc(Nc4ccc5nnn(C)c5c4)nn23)c1. The summed E-state index contributed by atoms with van der Waals surface area (Å²) in [4.78, 5) is 4.60. The number of nitrogens with zero attached hydrogens (tertiary/aromatic N) is 6. The molecule has 138 valence electrons. The summed E-state index contributed by atoms with van der Waals surface area (Å²) in [6, 6.07) is 19.6. The molecule has 0 unspecified atom stereocenters. The van der Waals surface area contributed by atoms with Gasteiger partial charge in [-0.3, -0.25) is 0 Å². The van der Waals surface area contributed by atoms with Gasteiger partial charge in [0.2, 0.25) is 5.95 Å². The molecule has 0 aliphatic rings. The van der Waals surface area contributed by atoms with E-state index in [2.05, 4.69) is 25.7 Å². The molecule has 0 spiro atoms. The molecule has 5 aromatic rings. The van der Waals surface area contributed by atoms with Gasteiger partial charge in [-0.2, -0.15) is 4.98 Å². The molecule has 0 atom stereocenters. The van der Waals surface area contributed by atoms with E-state index < -0.39 is 0 Å². The molecular formula is C20H17N7O. The Morgan fingerprint density at radius 3 is 2.79 bits per heavy atom. The normalized spacial score (nSPS) is 11.2. The second-order valence-electron chi connectivity index (χ2n) is 6.39. The minimum absolute atomic E-state index is 0.518. The van der Waals surface area contributed by atoms with Crippen LogP contribution in [0.25, 0.3) is 27.9 Å². The first kappa shape index (κ1) is 16.2. The van der Waals surface area contributed by atoms with Gasteiger partial charge in [0.1, 0.15) is 11.3 Å². The van der Waals surface area contributed by atoms with E-state index in [9.17, 15) is 0 Å². The van der Waals surface area contributed by atoms with Gasteiger partial charge in [-0.15, -0.1) is 10.2 Å². The van der Waals surface area contributed by atoms with Gasteiger partial charge in [0.25, 0.3) is 0 Å². The molecule has 1 N–H and O–H groups in total. The fourth-order valence-electron chi connectivity index (χ4n) is 3.20. The number of fused-ring (bicyclic) bond motifs is 2. The molecule has 3 heterocycles. The smallest absolute Gasteiger partial charge is 0.247 e. The third-order valence-corrected chi connectivity index (χ3v) is 4.59. The largest absolute Gasteiger partial charge is 0.497 e. The zero-order valence-electron chi connectivity index (χ0n) is 15.4. The van der Waals surface area contributed by atoms with Crippen LogP contribution in [0.4, 0.5) is 11.6 Å². The van der Waals surface area contributed by atoms with Crippen molar-refractivity contribution in [2.24, 2.45) is 7.05 Å². The van der Waals surface area contributed by atoms with Crippen LogP contribution >= 0.6 is 0 Å². The first-order chi connectivity index (χ1) is 13.7. The molecule has 0 amide bonds. The van der Waals surface area contributed by atoms with Gasteiger partial charge in [0.15, 0.2) is 5.65 Å². The van der Waals surface area contributed by atoms with Crippen LogP contribution in [0.2, 0.25) is 0 Å². The van der Waals surface area contributed by atoms with E-state index in [1.807, 2.05) is 72.2 Å². The number of methoxy groups -OCH3 is 1. The maximum Gasteiger partial charge on any atom is 0.247 e. The molecule has 2 aromatic carbocycles. The van der Waals surface area contributed by atoms with Crippen molar-refractivity contribution in [3.05, 3.63) is 60.7 Å². The molecule has 0 radical (unpaired) electrons. The predicted molar refractivity (Wildman–Crippen MR) is 107 cm³/mol. The molecule has 0 saturated carbocycles. The molecule has 5 rings (SSSR count). The highest BCUT2D eigenvalue weighted by molar-refractivity contribution is 5.79. The first-order valence-corrected chi connectivity index (χ1v) is 8.78. The van der Waals surface area contributed by atoms with E-state index >= 15 is 0 Å². The summed E-state index contributed by atoms with van der Waals surface area (Å²) in [5.74, 6) is 1.32. The number of pyridine rings is 1. The number of benzene rings is 2. The number of hydrogen-bond acceptors (Lipinski definition) is 6. The molecule has 0 bridgehead atoms. The van der Waals surface area contributed by atoms with Crippen molar-refractivity contribution >= 4 is 28.3 Å². The zero-order chi connectivity index (χ0) is 19.1. The maximum atomic E-state index is 5.34. The Hall–Kier alpha value is -3.94. The van der Waals surface area contributed by atoms with Crippen LogP contribution < -0.4 is 10.1 Å². The minimum atomic E-state index is 0.518. The summed E-state index contributed by atoms with van der Waals surface area (Å²) in [7, 11) is 3.52. The molecule has 0 fully saturated rings. The number of anilines is 2. The first-order valence-electron chi connectivity index (χ1n) is 8.78. The van der Waals surface area contributed by atoms with Crippen molar-refractivity contribution in [1.82, 2.24) is 29.6 Å². The molecule has 3 aromatic heterocycles. The lowest BCUT2D eigenvalue weighted by Crippen LogP contribution is -1.96. The summed E-state index contributed by atoms with van der Waals surface area (Å²) >= 11 is 0. The lowest BCUT2D eigenvalue weighted by Gasteiger charge is -2.06. The summed E-state index contributed by atoms with van der Waals surface area (Å²) in [6.07, 6.45) is 0. The standard InChI is InChI=1S/C20H17N7O/c1-26-18-12-14(9-10-16(18)23-25-26)21-20-22-19-8-4-7-17(27(19)24-20)13-5-3-6-15(11-13)28-2/h3-12H,1-2H3,(H,21,24). The maximum absolute atomic E-state index is 5.34. The highest BCUT2D eigenvalue weighted by Crippen LogP contribution is 2.25. The van der Waals surface area contributed by atoms with Crippen molar-refractivity contribution in [2.45, 2.75) is 0 Å². The number of nitrogens with one attached hydrogen (secondary N) is 1. The van der Waals surface area contributed by atoms with Gasteiger partial charge >= 0.3 is 0 Å². The molecule has 0 aliphatic carbocycles. The molecule has 0 aliphatic heterocycles. The molecular weight excluding hydrogens is 354 g/mol. The van der Waals surface area contributed by atoms with Gasteiger partial charge in [0.05, 0.1) is 18.3 Å². The van der Waals surface area contributed by atoms with Crippen molar-refractivity contribution < 1.29 is 4.74 Å². The van der Waals surface area contributed by atoms with Gasteiger partial charge in [0, 0.05) is 18.3 Å². The van der Waals surface area contributed by atoms with E-state index in [4.69, 9.17) is 4.74 Å². The van der Waals surface area contributed by atoms with Crippen LogP contribution in [0.1, 0.15) is 0 Å². The number of hydrogen-bond donors (Lipinski definition) is 1. The van der Waals surface area contributed by atoms with Gasteiger partial charge < -0.3 is 10.1 Å². The lowest BCUT2D eigenvalue weighted by atomic mass is 10.1. The van der Waals surface area contributed by atoms with Crippen LogP contribution in [0, 0.1) is 0 Å². The Labute approximate surface area is 160 Å². The van der Waals surface area contributed by atoms with Crippen LogP contribution in [0.15, 0.2) is 60.7 Å². The van der Waals surface area contributed by atoms with E-state index in [1.54, 1.807) is 11.8 Å². The quantitative estimate of drug-likeness (QED) is 0.521. The third kappa shape index (κ3) is 2.71. The number of rotatable bonds is 4. The fraction of sp³-hybridized carbons (Fsp3) is 0.100.